The molecule has 2 N–H and O–H groups in total. The van der Waals surface area contributed by atoms with Crippen molar-refractivity contribution >= 4 is 11.8 Å². The summed E-state index contributed by atoms with van der Waals surface area (Å²) in [5.41, 5.74) is 1.67. The van der Waals surface area contributed by atoms with Gasteiger partial charge in [-0.1, -0.05) is 54.6 Å². The second-order valence-corrected chi connectivity index (χ2v) is 8.35. The third kappa shape index (κ3) is 5.59. The van der Waals surface area contributed by atoms with Crippen LogP contribution in [-0.4, -0.2) is 38.1 Å². The summed E-state index contributed by atoms with van der Waals surface area (Å²) >= 11 is 0. The number of benzene rings is 3. The molecule has 0 aliphatic carbocycles. The minimum Gasteiger partial charge on any atom is -0.463 e. The smallest absolute Gasteiger partial charge is 0.243 e. The van der Waals surface area contributed by atoms with Gasteiger partial charge in [0.05, 0.1) is 6.42 Å². The number of rotatable bonds is 11. The van der Waals surface area contributed by atoms with Gasteiger partial charge >= 0.3 is 0 Å². The van der Waals surface area contributed by atoms with Gasteiger partial charge in [0.1, 0.15) is 17.5 Å². The van der Waals surface area contributed by atoms with Crippen LogP contribution < -0.4 is 20.1 Å². The first-order valence-corrected chi connectivity index (χ1v) is 11.2. The number of ether oxygens (including phenoxy) is 2. The maximum atomic E-state index is 13.0. The Hall–Kier alpha value is -3.94. The van der Waals surface area contributed by atoms with E-state index in [9.17, 15) is 18.4 Å². The molecule has 4 rings (SSSR count). The average molecular weight is 481 g/mol. The lowest BCUT2D eigenvalue weighted by Crippen LogP contribution is -2.58. The van der Waals surface area contributed by atoms with Crippen LogP contribution in [0.25, 0.3) is 0 Å². The minimum atomic E-state index is -0.979. The Kier molecular flexibility index (Phi) is 7.60. The van der Waals surface area contributed by atoms with Crippen LogP contribution in [0.4, 0.5) is 8.78 Å². The number of nitrogens with one attached hydrogen (secondary N) is 2. The summed E-state index contributed by atoms with van der Waals surface area (Å²) in [7, 11) is 0. The Morgan fingerprint density at radius 1 is 0.914 bits per heavy atom. The molecule has 6 nitrogen and oxygen atoms in total. The summed E-state index contributed by atoms with van der Waals surface area (Å²) in [6.45, 7) is -1.80. The third-order valence-electron chi connectivity index (χ3n) is 6.17. The maximum Gasteiger partial charge on any atom is 0.243 e. The molecule has 0 bridgehead atoms. The number of alkyl halides is 2. The monoisotopic (exact) mass is 480 g/mol. The van der Waals surface area contributed by atoms with Crippen LogP contribution >= 0.6 is 0 Å². The van der Waals surface area contributed by atoms with Gasteiger partial charge in [-0.25, -0.2) is 8.78 Å². The van der Waals surface area contributed by atoms with Gasteiger partial charge in [-0.05, 0) is 47.4 Å². The molecular weight excluding hydrogens is 454 g/mol. The molecule has 0 radical (unpaired) electrons. The summed E-state index contributed by atoms with van der Waals surface area (Å²) in [5, 5.41) is 5.57. The number of hydrogen-bond donors (Lipinski definition) is 2. The highest BCUT2D eigenvalue weighted by Crippen LogP contribution is 2.38. The fourth-order valence-electron chi connectivity index (χ4n) is 4.35. The highest BCUT2D eigenvalue weighted by atomic mass is 19.1. The minimum absolute atomic E-state index is 0.136. The van der Waals surface area contributed by atoms with Gasteiger partial charge in [-0.3, -0.25) is 9.59 Å². The van der Waals surface area contributed by atoms with E-state index in [0.717, 1.165) is 16.7 Å². The molecule has 3 aromatic carbocycles. The molecule has 1 fully saturated rings. The molecule has 0 saturated carbocycles. The number of carbonyl (C=O) groups is 2. The van der Waals surface area contributed by atoms with Crippen molar-refractivity contribution < 1.29 is 27.8 Å². The Morgan fingerprint density at radius 2 is 1.49 bits per heavy atom. The zero-order valence-electron chi connectivity index (χ0n) is 19.0. The summed E-state index contributed by atoms with van der Waals surface area (Å²) in [4.78, 5) is 24.1. The lowest BCUT2D eigenvalue weighted by atomic mass is 9.70. The van der Waals surface area contributed by atoms with E-state index in [1.165, 1.54) is 0 Å². The second kappa shape index (κ2) is 11.0. The van der Waals surface area contributed by atoms with Crippen LogP contribution in [0.2, 0.25) is 0 Å². The highest BCUT2D eigenvalue weighted by molar-refractivity contribution is 5.97. The standard InChI is InChI=1S/C27H26F2N2O4/c28-17-34-22-10-4-8-20(12-22)27(15-19-6-2-1-3-7-19,16-30-26(33)24-14-25(32)31-24)21-9-5-11-23(13-21)35-18-29/h1-13,24H,14-18H2,(H,30,33)(H,31,32)/t24-/m0/s1. The fraction of sp³-hybridized carbons (Fsp3) is 0.259. The van der Waals surface area contributed by atoms with Crippen molar-refractivity contribution in [3.05, 3.63) is 95.6 Å². The zero-order valence-corrected chi connectivity index (χ0v) is 19.0. The van der Waals surface area contributed by atoms with Crippen LogP contribution in [-0.2, 0) is 21.4 Å². The number of carbonyl (C=O) groups excluding carboxylic acids is 2. The van der Waals surface area contributed by atoms with Crippen LogP contribution in [0, 0.1) is 0 Å². The Labute approximate surface area is 202 Å². The average Bonchev–Trinajstić information content (AvgIpc) is 2.86. The lowest BCUT2D eigenvalue weighted by Gasteiger charge is -2.37. The van der Waals surface area contributed by atoms with Gasteiger partial charge in [0.2, 0.25) is 25.5 Å². The maximum absolute atomic E-state index is 13.0. The fourth-order valence-corrected chi connectivity index (χ4v) is 4.35. The summed E-state index contributed by atoms with van der Waals surface area (Å²) in [5.74, 6) is 0.217. The van der Waals surface area contributed by atoms with Crippen LogP contribution in [0.5, 0.6) is 11.5 Å². The van der Waals surface area contributed by atoms with Crippen molar-refractivity contribution in [3.8, 4) is 11.5 Å². The predicted molar refractivity (Wildman–Crippen MR) is 127 cm³/mol. The van der Waals surface area contributed by atoms with Gasteiger partial charge in [-0.2, -0.15) is 0 Å². The molecule has 1 aliphatic rings. The van der Waals surface area contributed by atoms with Crippen LogP contribution in [0.3, 0.4) is 0 Å². The molecule has 1 atom stereocenters. The first kappa shape index (κ1) is 24.2. The number of hydrogen-bond acceptors (Lipinski definition) is 4. The molecule has 3 aromatic rings. The van der Waals surface area contributed by atoms with E-state index < -0.39 is 25.2 Å². The van der Waals surface area contributed by atoms with E-state index in [0.29, 0.717) is 17.9 Å². The third-order valence-corrected chi connectivity index (χ3v) is 6.17. The molecule has 1 heterocycles. The molecule has 1 saturated heterocycles. The molecule has 1 aliphatic heterocycles. The van der Waals surface area contributed by atoms with Gasteiger partial charge in [0.25, 0.3) is 0 Å². The predicted octanol–water partition coefficient (Wildman–Crippen LogP) is 3.83. The van der Waals surface area contributed by atoms with Crippen molar-refractivity contribution in [1.29, 1.82) is 0 Å². The van der Waals surface area contributed by atoms with Crippen molar-refractivity contribution in [1.82, 2.24) is 10.6 Å². The lowest BCUT2D eigenvalue weighted by molar-refractivity contribution is -0.137. The second-order valence-electron chi connectivity index (χ2n) is 8.35. The Morgan fingerprint density at radius 3 is 2.00 bits per heavy atom. The molecule has 2 amide bonds. The first-order valence-electron chi connectivity index (χ1n) is 11.2. The quantitative estimate of drug-likeness (QED) is 0.409. The molecule has 0 unspecified atom stereocenters. The molecule has 182 valence electrons. The Balaban J connectivity index is 1.81. The highest BCUT2D eigenvalue weighted by Gasteiger charge is 2.38. The van der Waals surface area contributed by atoms with Crippen LogP contribution in [0.1, 0.15) is 23.1 Å². The Bertz CT molecular complexity index is 1120. The molecule has 35 heavy (non-hydrogen) atoms. The van der Waals surface area contributed by atoms with E-state index in [2.05, 4.69) is 10.6 Å². The van der Waals surface area contributed by atoms with Crippen LogP contribution in [0.15, 0.2) is 78.9 Å². The largest absolute Gasteiger partial charge is 0.463 e. The van der Waals surface area contributed by atoms with E-state index in [1.807, 2.05) is 42.5 Å². The molecule has 8 heteroatoms. The SMILES string of the molecule is O=C1C[C@@H](C(=O)NCC(Cc2ccccc2)(c2cccc(OCF)c2)c2cccc(OCF)c2)N1. The van der Waals surface area contributed by atoms with E-state index >= 15 is 0 Å². The van der Waals surface area contributed by atoms with E-state index in [4.69, 9.17) is 9.47 Å². The summed E-state index contributed by atoms with van der Waals surface area (Å²) < 4.78 is 36.2. The van der Waals surface area contributed by atoms with Gasteiger partial charge < -0.3 is 20.1 Å². The number of amides is 2. The van der Waals surface area contributed by atoms with Gasteiger partial charge in [0, 0.05) is 12.0 Å². The summed E-state index contributed by atoms with van der Waals surface area (Å²) in [6, 6.07) is 23.2. The summed E-state index contributed by atoms with van der Waals surface area (Å²) in [6.07, 6.45) is 0.598. The molecular formula is C27H26F2N2O4. The van der Waals surface area contributed by atoms with Crippen molar-refractivity contribution in [3.63, 3.8) is 0 Å². The van der Waals surface area contributed by atoms with E-state index in [1.54, 1.807) is 36.4 Å². The number of β-lactam (4-membered cyclic amide) rings is 1. The normalized spacial score (nSPS) is 15.0. The zero-order chi connectivity index (χ0) is 24.7. The van der Waals surface area contributed by atoms with Gasteiger partial charge in [0.15, 0.2) is 0 Å². The molecule has 0 aromatic heterocycles. The topological polar surface area (TPSA) is 76.7 Å². The van der Waals surface area contributed by atoms with Crippen molar-refractivity contribution in [2.75, 3.05) is 20.3 Å². The number of halogens is 2. The van der Waals surface area contributed by atoms with Crippen molar-refractivity contribution in [2.45, 2.75) is 24.3 Å². The van der Waals surface area contributed by atoms with Crippen molar-refractivity contribution in [2.24, 2.45) is 0 Å². The van der Waals surface area contributed by atoms with Gasteiger partial charge in [-0.15, -0.1) is 0 Å². The van der Waals surface area contributed by atoms with E-state index in [-0.39, 0.29) is 24.8 Å². The molecule has 0 spiro atoms. The first-order chi connectivity index (χ1) is 17.0.